The number of aryl methyl sites for hydroxylation is 1. The monoisotopic (exact) mass is 212 g/mol. The van der Waals surface area contributed by atoms with Gasteiger partial charge in [-0.15, -0.1) is 0 Å². The number of rotatable bonds is 4. The van der Waals surface area contributed by atoms with Crippen molar-refractivity contribution in [2.45, 2.75) is 13.8 Å². The molecule has 1 aromatic carbocycles. The quantitative estimate of drug-likeness (QED) is 0.717. The molecule has 0 heterocycles. The van der Waals surface area contributed by atoms with Crippen LogP contribution in [0.1, 0.15) is 12.5 Å². The van der Waals surface area contributed by atoms with Gasteiger partial charge in [0.2, 0.25) is 0 Å². The molecule has 0 atom stereocenters. The van der Waals surface area contributed by atoms with E-state index in [1.54, 1.807) is 13.8 Å². The number of esters is 1. The Morgan fingerprint density at radius 1 is 1.47 bits per heavy atom. The third kappa shape index (κ3) is 3.58. The molecule has 1 aromatic rings. The number of hydrogen-bond acceptors (Lipinski definition) is 3. The fourth-order valence-corrected chi connectivity index (χ4v) is 1.11. The molecule has 0 bridgehead atoms. The van der Waals surface area contributed by atoms with E-state index in [-0.39, 0.29) is 12.4 Å². The summed E-state index contributed by atoms with van der Waals surface area (Å²) in [5.74, 6) is -0.262. The summed E-state index contributed by atoms with van der Waals surface area (Å²) in [6, 6.07) is 4.12. The van der Waals surface area contributed by atoms with Crippen LogP contribution in [-0.4, -0.2) is 19.2 Å². The lowest BCUT2D eigenvalue weighted by Crippen LogP contribution is -2.14. The number of carbonyl (C=O) groups is 1. The minimum absolute atomic E-state index is 0.152. The van der Waals surface area contributed by atoms with Crippen LogP contribution in [0.3, 0.4) is 0 Å². The molecule has 82 valence electrons. The molecule has 0 N–H and O–H groups in total. The second-order valence-electron chi connectivity index (χ2n) is 3.00. The Hall–Kier alpha value is -1.58. The number of carbonyl (C=O) groups excluding carboxylic acids is 1. The zero-order chi connectivity index (χ0) is 11.3. The summed E-state index contributed by atoms with van der Waals surface area (Å²) in [5, 5.41) is 0. The first-order chi connectivity index (χ1) is 7.13. The average molecular weight is 212 g/mol. The van der Waals surface area contributed by atoms with Crippen LogP contribution in [0, 0.1) is 12.7 Å². The SMILES string of the molecule is CCOC(=O)COc1ccc(F)cc1C. The Balaban J connectivity index is 2.54. The van der Waals surface area contributed by atoms with Crippen LogP contribution in [-0.2, 0) is 9.53 Å². The van der Waals surface area contributed by atoms with Crippen molar-refractivity contribution in [1.82, 2.24) is 0 Å². The van der Waals surface area contributed by atoms with Crippen LogP contribution in [0.4, 0.5) is 4.39 Å². The van der Waals surface area contributed by atoms with E-state index in [0.29, 0.717) is 17.9 Å². The minimum atomic E-state index is -0.429. The van der Waals surface area contributed by atoms with Gasteiger partial charge in [-0.1, -0.05) is 0 Å². The summed E-state index contributed by atoms with van der Waals surface area (Å²) in [4.78, 5) is 11.0. The van der Waals surface area contributed by atoms with Crippen molar-refractivity contribution in [2.75, 3.05) is 13.2 Å². The highest BCUT2D eigenvalue weighted by molar-refractivity contribution is 5.71. The molecule has 0 aliphatic carbocycles. The lowest BCUT2D eigenvalue weighted by molar-refractivity contribution is -0.145. The summed E-state index contributed by atoms with van der Waals surface area (Å²) >= 11 is 0. The highest BCUT2D eigenvalue weighted by atomic mass is 19.1. The summed E-state index contributed by atoms with van der Waals surface area (Å²) < 4.78 is 22.6. The van der Waals surface area contributed by atoms with Gasteiger partial charge in [0.1, 0.15) is 11.6 Å². The van der Waals surface area contributed by atoms with Gasteiger partial charge in [0.25, 0.3) is 0 Å². The molecular formula is C11H13FO3. The van der Waals surface area contributed by atoms with Crippen molar-refractivity contribution >= 4 is 5.97 Å². The second kappa shape index (κ2) is 5.34. The van der Waals surface area contributed by atoms with Gasteiger partial charge in [-0.3, -0.25) is 0 Å². The molecule has 0 saturated heterocycles. The molecule has 1 rings (SSSR count). The Labute approximate surface area is 87.8 Å². The molecule has 4 heteroatoms. The maximum Gasteiger partial charge on any atom is 0.344 e. The van der Waals surface area contributed by atoms with E-state index in [0.717, 1.165) is 0 Å². The zero-order valence-electron chi connectivity index (χ0n) is 8.75. The van der Waals surface area contributed by atoms with Crippen molar-refractivity contribution in [3.05, 3.63) is 29.6 Å². The Morgan fingerprint density at radius 2 is 2.20 bits per heavy atom. The number of ether oxygens (including phenoxy) is 2. The topological polar surface area (TPSA) is 35.5 Å². The van der Waals surface area contributed by atoms with E-state index in [4.69, 9.17) is 4.74 Å². The van der Waals surface area contributed by atoms with Gasteiger partial charge in [0.15, 0.2) is 6.61 Å². The number of halogens is 1. The van der Waals surface area contributed by atoms with Crippen LogP contribution >= 0.6 is 0 Å². The first-order valence-corrected chi connectivity index (χ1v) is 4.68. The van der Waals surface area contributed by atoms with Crippen molar-refractivity contribution in [3.8, 4) is 5.75 Å². The molecule has 0 spiro atoms. The summed E-state index contributed by atoms with van der Waals surface area (Å²) in [6.07, 6.45) is 0. The minimum Gasteiger partial charge on any atom is -0.482 e. The first-order valence-electron chi connectivity index (χ1n) is 4.68. The maximum atomic E-state index is 12.7. The molecule has 0 aliphatic heterocycles. The van der Waals surface area contributed by atoms with Crippen LogP contribution < -0.4 is 4.74 Å². The van der Waals surface area contributed by atoms with Gasteiger partial charge in [0.05, 0.1) is 6.61 Å². The summed E-state index contributed by atoms with van der Waals surface area (Å²) in [5.41, 5.74) is 0.652. The van der Waals surface area contributed by atoms with Crippen molar-refractivity contribution in [3.63, 3.8) is 0 Å². The predicted molar refractivity (Wildman–Crippen MR) is 53.3 cm³/mol. The molecule has 0 unspecified atom stereocenters. The van der Waals surface area contributed by atoms with E-state index in [2.05, 4.69) is 4.74 Å². The highest BCUT2D eigenvalue weighted by Gasteiger charge is 2.05. The van der Waals surface area contributed by atoms with E-state index >= 15 is 0 Å². The molecule has 0 saturated carbocycles. The van der Waals surface area contributed by atoms with Crippen LogP contribution in [0.2, 0.25) is 0 Å². The molecule has 0 amide bonds. The highest BCUT2D eigenvalue weighted by Crippen LogP contribution is 2.18. The molecule has 15 heavy (non-hydrogen) atoms. The van der Waals surface area contributed by atoms with E-state index in [1.807, 2.05) is 0 Å². The van der Waals surface area contributed by atoms with E-state index < -0.39 is 5.97 Å². The average Bonchev–Trinajstić information content (AvgIpc) is 2.17. The Kier molecular flexibility index (Phi) is 4.09. The van der Waals surface area contributed by atoms with Gasteiger partial charge in [-0.05, 0) is 37.6 Å². The van der Waals surface area contributed by atoms with E-state index in [1.165, 1.54) is 18.2 Å². The smallest absolute Gasteiger partial charge is 0.344 e. The molecule has 0 fully saturated rings. The van der Waals surface area contributed by atoms with Crippen LogP contribution in [0.15, 0.2) is 18.2 Å². The fourth-order valence-electron chi connectivity index (χ4n) is 1.11. The van der Waals surface area contributed by atoms with Crippen molar-refractivity contribution < 1.29 is 18.7 Å². The van der Waals surface area contributed by atoms with Gasteiger partial charge < -0.3 is 9.47 Å². The first kappa shape index (κ1) is 11.5. The standard InChI is InChI=1S/C11H13FO3/c1-3-14-11(13)7-15-10-5-4-9(12)6-8(10)2/h4-6H,3,7H2,1-2H3. The van der Waals surface area contributed by atoms with Crippen molar-refractivity contribution in [2.24, 2.45) is 0 Å². The molecule has 3 nitrogen and oxygen atoms in total. The fraction of sp³-hybridized carbons (Fsp3) is 0.364. The van der Waals surface area contributed by atoms with Gasteiger partial charge >= 0.3 is 5.97 Å². The van der Waals surface area contributed by atoms with Gasteiger partial charge in [-0.2, -0.15) is 0 Å². The molecular weight excluding hydrogens is 199 g/mol. The molecule has 0 radical (unpaired) electrons. The van der Waals surface area contributed by atoms with Gasteiger partial charge in [-0.25, -0.2) is 9.18 Å². The second-order valence-corrected chi connectivity index (χ2v) is 3.00. The van der Waals surface area contributed by atoms with Gasteiger partial charge in [0, 0.05) is 0 Å². The third-order valence-corrected chi connectivity index (χ3v) is 1.79. The number of hydrogen-bond donors (Lipinski definition) is 0. The largest absolute Gasteiger partial charge is 0.482 e. The lowest BCUT2D eigenvalue weighted by Gasteiger charge is -2.08. The van der Waals surface area contributed by atoms with Crippen LogP contribution in [0.25, 0.3) is 0 Å². The van der Waals surface area contributed by atoms with Crippen molar-refractivity contribution in [1.29, 1.82) is 0 Å². The number of benzene rings is 1. The predicted octanol–water partition coefficient (Wildman–Crippen LogP) is 2.08. The normalized spacial score (nSPS) is 9.80. The Morgan fingerprint density at radius 3 is 2.80 bits per heavy atom. The molecule has 0 aromatic heterocycles. The lowest BCUT2D eigenvalue weighted by atomic mass is 10.2. The van der Waals surface area contributed by atoms with Crippen LogP contribution in [0.5, 0.6) is 5.75 Å². The maximum absolute atomic E-state index is 12.7. The van der Waals surface area contributed by atoms with E-state index in [9.17, 15) is 9.18 Å². The summed E-state index contributed by atoms with van der Waals surface area (Å²) in [7, 11) is 0. The molecule has 0 aliphatic rings. The Bertz CT molecular complexity index is 350. The zero-order valence-corrected chi connectivity index (χ0v) is 8.75. The summed E-state index contributed by atoms with van der Waals surface area (Å²) in [6.45, 7) is 3.61. The third-order valence-electron chi connectivity index (χ3n) is 1.79.